The molecular formula is C17H25Cl2N5O. The van der Waals surface area contributed by atoms with E-state index in [-0.39, 0.29) is 36.8 Å². The van der Waals surface area contributed by atoms with E-state index in [0.29, 0.717) is 12.8 Å². The zero-order valence-electron chi connectivity index (χ0n) is 14.3. The Bertz CT molecular complexity index is 633. The topological polar surface area (TPSA) is 73.9 Å². The number of nitrogens with one attached hydrogen (secondary N) is 2. The average molecular weight is 386 g/mol. The summed E-state index contributed by atoms with van der Waals surface area (Å²) in [6, 6.07) is 8.71. The maximum atomic E-state index is 12.6. The largest absolute Gasteiger partial charge is 0.333 e. The minimum atomic E-state index is 0. The van der Waals surface area contributed by atoms with Crippen molar-refractivity contribution < 1.29 is 4.79 Å². The van der Waals surface area contributed by atoms with Crippen molar-refractivity contribution in [3.8, 4) is 0 Å². The van der Waals surface area contributed by atoms with Gasteiger partial charge in [0.1, 0.15) is 12.2 Å². The summed E-state index contributed by atoms with van der Waals surface area (Å²) in [7, 11) is 0. The van der Waals surface area contributed by atoms with E-state index in [4.69, 9.17) is 0 Å². The summed E-state index contributed by atoms with van der Waals surface area (Å²) >= 11 is 0. The molecule has 1 aromatic carbocycles. The summed E-state index contributed by atoms with van der Waals surface area (Å²) < 4.78 is 0. The minimum absolute atomic E-state index is 0. The first-order chi connectivity index (χ1) is 11.3. The lowest BCUT2D eigenvalue weighted by Gasteiger charge is -2.36. The Balaban J connectivity index is 0.00000156. The predicted octanol–water partition coefficient (Wildman–Crippen LogP) is 2.32. The Kier molecular flexibility index (Phi) is 8.89. The molecule has 1 atom stereocenters. The molecule has 8 heteroatoms. The fraction of sp³-hybridized carbons (Fsp3) is 0.471. The highest BCUT2D eigenvalue weighted by atomic mass is 35.5. The summed E-state index contributed by atoms with van der Waals surface area (Å²) in [5.74, 6) is 0.935. The number of aryl methyl sites for hydroxylation is 2. The number of carbonyl (C=O) groups excluding carboxylic acids is 1. The van der Waals surface area contributed by atoms with Gasteiger partial charge in [0.05, 0.1) is 6.04 Å². The number of piperazine rings is 1. The molecule has 2 heterocycles. The molecule has 1 saturated heterocycles. The van der Waals surface area contributed by atoms with Gasteiger partial charge in [-0.2, -0.15) is 5.10 Å². The van der Waals surface area contributed by atoms with Crippen LogP contribution in [0.25, 0.3) is 0 Å². The molecule has 2 N–H and O–H groups in total. The molecular weight excluding hydrogens is 361 g/mol. The fourth-order valence-electron chi connectivity index (χ4n) is 3.00. The van der Waals surface area contributed by atoms with Gasteiger partial charge in [-0.1, -0.05) is 31.2 Å². The number of nitrogens with zero attached hydrogens (tertiary/aromatic N) is 3. The van der Waals surface area contributed by atoms with Crippen molar-refractivity contribution >= 4 is 30.7 Å². The smallest absolute Gasteiger partial charge is 0.223 e. The molecule has 0 spiro atoms. The summed E-state index contributed by atoms with van der Waals surface area (Å²) in [4.78, 5) is 18.7. The van der Waals surface area contributed by atoms with Crippen LogP contribution in [0.1, 0.15) is 36.3 Å². The predicted molar refractivity (Wildman–Crippen MR) is 102 cm³/mol. The number of hydrogen-bond acceptors (Lipinski definition) is 4. The third-order valence-corrected chi connectivity index (χ3v) is 4.38. The number of rotatable bonds is 5. The van der Waals surface area contributed by atoms with Gasteiger partial charge in [0.25, 0.3) is 0 Å². The number of amides is 1. The van der Waals surface area contributed by atoms with Crippen molar-refractivity contribution in [1.29, 1.82) is 0 Å². The number of H-pyrrole nitrogens is 1. The molecule has 25 heavy (non-hydrogen) atoms. The first-order valence-corrected chi connectivity index (χ1v) is 8.21. The van der Waals surface area contributed by atoms with Crippen LogP contribution >= 0.6 is 24.8 Å². The van der Waals surface area contributed by atoms with Crippen molar-refractivity contribution in [1.82, 2.24) is 25.4 Å². The molecule has 0 aliphatic carbocycles. The van der Waals surface area contributed by atoms with E-state index in [1.165, 1.54) is 17.5 Å². The first kappa shape index (κ1) is 21.4. The Morgan fingerprint density at radius 2 is 2.04 bits per heavy atom. The number of carbonyl (C=O) groups is 1. The van der Waals surface area contributed by atoms with Crippen molar-refractivity contribution in [2.75, 3.05) is 19.6 Å². The molecule has 1 amide bonds. The number of aromatic nitrogens is 3. The average Bonchev–Trinajstić information content (AvgIpc) is 3.13. The number of halogens is 2. The van der Waals surface area contributed by atoms with Crippen LogP contribution in [0.4, 0.5) is 0 Å². The Morgan fingerprint density at radius 3 is 2.68 bits per heavy atom. The maximum absolute atomic E-state index is 12.6. The van der Waals surface area contributed by atoms with Crippen LogP contribution in [0.2, 0.25) is 0 Å². The summed E-state index contributed by atoms with van der Waals surface area (Å²) in [6.45, 7) is 4.54. The Morgan fingerprint density at radius 1 is 1.28 bits per heavy atom. The zero-order valence-corrected chi connectivity index (χ0v) is 15.9. The summed E-state index contributed by atoms with van der Waals surface area (Å²) in [6.07, 6.45) is 3.56. The van der Waals surface area contributed by atoms with Crippen LogP contribution < -0.4 is 5.32 Å². The molecule has 1 unspecified atom stereocenters. The third kappa shape index (κ3) is 5.42. The normalized spacial score (nSPS) is 16.7. The SMILES string of the molecule is CCc1ccc(C2CNCCN2C(=O)CCc2ncn[nH]2)cc1.Cl.Cl. The van der Waals surface area contributed by atoms with Crippen LogP contribution in [0, 0.1) is 0 Å². The molecule has 0 saturated carbocycles. The van der Waals surface area contributed by atoms with E-state index in [2.05, 4.69) is 51.7 Å². The Hall–Kier alpha value is -1.63. The molecule has 1 aliphatic rings. The van der Waals surface area contributed by atoms with Crippen LogP contribution in [-0.2, 0) is 17.6 Å². The van der Waals surface area contributed by atoms with E-state index in [9.17, 15) is 4.79 Å². The van der Waals surface area contributed by atoms with Gasteiger partial charge in [-0.05, 0) is 17.5 Å². The second-order valence-corrected chi connectivity index (χ2v) is 5.83. The lowest BCUT2D eigenvalue weighted by molar-refractivity contribution is -0.134. The molecule has 0 bridgehead atoms. The molecule has 1 aliphatic heterocycles. The molecule has 1 fully saturated rings. The van der Waals surface area contributed by atoms with Gasteiger partial charge in [0, 0.05) is 32.5 Å². The van der Waals surface area contributed by atoms with Gasteiger partial charge < -0.3 is 10.2 Å². The maximum Gasteiger partial charge on any atom is 0.223 e. The minimum Gasteiger partial charge on any atom is -0.333 e. The lowest BCUT2D eigenvalue weighted by atomic mass is 10.0. The van der Waals surface area contributed by atoms with E-state index in [0.717, 1.165) is 31.9 Å². The monoisotopic (exact) mass is 385 g/mol. The van der Waals surface area contributed by atoms with E-state index < -0.39 is 0 Å². The van der Waals surface area contributed by atoms with Gasteiger partial charge in [0.15, 0.2) is 0 Å². The van der Waals surface area contributed by atoms with Crippen LogP contribution in [0.3, 0.4) is 0 Å². The quantitative estimate of drug-likeness (QED) is 0.827. The van der Waals surface area contributed by atoms with Gasteiger partial charge in [0.2, 0.25) is 5.91 Å². The molecule has 0 radical (unpaired) electrons. The van der Waals surface area contributed by atoms with E-state index >= 15 is 0 Å². The first-order valence-electron chi connectivity index (χ1n) is 8.21. The molecule has 6 nitrogen and oxygen atoms in total. The summed E-state index contributed by atoms with van der Waals surface area (Å²) in [5.41, 5.74) is 2.52. The zero-order chi connectivity index (χ0) is 16.1. The van der Waals surface area contributed by atoms with Crippen molar-refractivity contribution in [2.24, 2.45) is 0 Å². The molecule has 2 aromatic rings. The van der Waals surface area contributed by atoms with E-state index in [1.807, 2.05) is 4.90 Å². The highest BCUT2D eigenvalue weighted by Gasteiger charge is 2.27. The van der Waals surface area contributed by atoms with Crippen molar-refractivity contribution in [3.05, 3.63) is 47.5 Å². The fourth-order valence-corrected chi connectivity index (χ4v) is 3.00. The number of hydrogen-bond donors (Lipinski definition) is 2. The van der Waals surface area contributed by atoms with Gasteiger partial charge in [-0.25, -0.2) is 4.98 Å². The van der Waals surface area contributed by atoms with Gasteiger partial charge >= 0.3 is 0 Å². The number of benzene rings is 1. The van der Waals surface area contributed by atoms with Crippen LogP contribution in [-0.4, -0.2) is 45.6 Å². The summed E-state index contributed by atoms with van der Waals surface area (Å²) in [5, 5.41) is 10.0. The standard InChI is InChI=1S/C17H23N5O.2ClH/c1-2-13-3-5-14(6-4-13)15-11-18-9-10-22(15)17(23)8-7-16-19-12-20-21-16;;/h3-6,12,15,18H,2,7-11H2,1H3,(H,19,20,21);2*1H. The second kappa shape index (κ2) is 10.4. The van der Waals surface area contributed by atoms with Gasteiger partial charge in [-0.3, -0.25) is 9.89 Å². The number of aromatic amines is 1. The Labute approximate surface area is 160 Å². The molecule has 138 valence electrons. The van der Waals surface area contributed by atoms with E-state index in [1.54, 1.807) is 0 Å². The third-order valence-electron chi connectivity index (χ3n) is 4.38. The highest BCUT2D eigenvalue weighted by molar-refractivity contribution is 5.85. The van der Waals surface area contributed by atoms with Crippen molar-refractivity contribution in [2.45, 2.75) is 32.2 Å². The highest BCUT2D eigenvalue weighted by Crippen LogP contribution is 2.23. The lowest BCUT2D eigenvalue weighted by Crippen LogP contribution is -2.48. The molecule has 1 aromatic heterocycles. The van der Waals surface area contributed by atoms with Gasteiger partial charge in [-0.15, -0.1) is 24.8 Å². The van der Waals surface area contributed by atoms with Crippen LogP contribution in [0.5, 0.6) is 0 Å². The molecule has 3 rings (SSSR count). The van der Waals surface area contributed by atoms with Crippen molar-refractivity contribution in [3.63, 3.8) is 0 Å². The second-order valence-electron chi connectivity index (χ2n) is 5.83. The van der Waals surface area contributed by atoms with Crippen LogP contribution in [0.15, 0.2) is 30.6 Å².